The van der Waals surface area contributed by atoms with E-state index in [0.717, 1.165) is 10.9 Å². The lowest BCUT2D eigenvalue weighted by atomic mass is 10.3. The molecule has 1 N–H and O–H groups in total. The van der Waals surface area contributed by atoms with Crippen molar-refractivity contribution in [1.29, 1.82) is 0 Å². The van der Waals surface area contributed by atoms with Gasteiger partial charge in [0.25, 0.3) is 5.69 Å². The van der Waals surface area contributed by atoms with Gasteiger partial charge in [-0.1, -0.05) is 6.07 Å². The van der Waals surface area contributed by atoms with Crippen LogP contribution in [0.25, 0.3) is 0 Å². The van der Waals surface area contributed by atoms with Crippen LogP contribution in [0.2, 0.25) is 0 Å². The van der Waals surface area contributed by atoms with Crippen molar-refractivity contribution in [3.8, 4) is 0 Å². The highest BCUT2D eigenvalue weighted by Gasteiger charge is 2.17. The van der Waals surface area contributed by atoms with Gasteiger partial charge in [0, 0.05) is 29.8 Å². The quantitative estimate of drug-likeness (QED) is 0.644. The van der Waals surface area contributed by atoms with Gasteiger partial charge in [-0.3, -0.25) is 15.1 Å². The predicted molar refractivity (Wildman–Crippen MR) is 74.1 cm³/mol. The van der Waals surface area contributed by atoms with Gasteiger partial charge < -0.3 is 0 Å². The molecule has 0 unspecified atom stereocenters. The average molecular weight is 313 g/mol. The third kappa shape index (κ3) is 3.59. The van der Waals surface area contributed by atoms with Gasteiger partial charge in [-0.2, -0.15) is 0 Å². The van der Waals surface area contributed by atoms with Crippen molar-refractivity contribution in [2.24, 2.45) is 0 Å². The molecule has 0 amide bonds. The van der Waals surface area contributed by atoms with Crippen LogP contribution < -0.4 is 4.72 Å². The van der Waals surface area contributed by atoms with E-state index in [-0.39, 0.29) is 17.1 Å². The molecule has 0 aliphatic heterocycles. The molecule has 0 bridgehead atoms. The van der Waals surface area contributed by atoms with Crippen LogP contribution in [0.5, 0.6) is 0 Å². The summed E-state index contributed by atoms with van der Waals surface area (Å²) in [4.78, 5) is 14.7. The number of aromatic nitrogens is 1. The Balaban J connectivity index is 2.06. The van der Waals surface area contributed by atoms with Crippen LogP contribution in [0, 0.1) is 10.1 Å². The third-order valence-corrected chi connectivity index (χ3v) is 4.78. The largest absolute Gasteiger partial charge is 0.270 e. The summed E-state index contributed by atoms with van der Waals surface area (Å²) in [5.41, 5.74) is 1.42. The van der Waals surface area contributed by atoms with E-state index in [2.05, 4.69) is 9.71 Å². The maximum Gasteiger partial charge on any atom is 0.270 e. The Morgan fingerprint density at radius 2 is 2.20 bits per heavy atom. The molecule has 0 saturated heterocycles. The van der Waals surface area contributed by atoms with Gasteiger partial charge in [-0.05, 0) is 12.5 Å². The Morgan fingerprint density at radius 3 is 2.85 bits per heavy atom. The lowest BCUT2D eigenvalue weighted by Gasteiger charge is -2.05. The Morgan fingerprint density at radius 1 is 1.40 bits per heavy atom. The Hall–Kier alpha value is -1.84. The Labute approximate surface area is 119 Å². The number of nitrogens with one attached hydrogen (secondary N) is 1. The summed E-state index contributed by atoms with van der Waals surface area (Å²) in [7, 11) is -3.74. The number of hydrogen-bond acceptors (Lipinski definition) is 6. The fourth-order valence-corrected chi connectivity index (χ4v) is 3.19. The fourth-order valence-electron chi connectivity index (χ4n) is 1.52. The highest BCUT2D eigenvalue weighted by molar-refractivity contribution is 7.89. The zero-order chi connectivity index (χ0) is 14.6. The molecule has 0 aliphatic rings. The SMILES string of the molecule is O=[N+]([O-])c1cccc(S(=O)(=O)NCCc2cncs2)c1. The van der Waals surface area contributed by atoms with Gasteiger partial charge in [0.15, 0.2) is 0 Å². The molecule has 1 aromatic carbocycles. The highest BCUT2D eigenvalue weighted by atomic mass is 32.2. The number of sulfonamides is 1. The van der Waals surface area contributed by atoms with Gasteiger partial charge in [-0.15, -0.1) is 11.3 Å². The summed E-state index contributed by atoms with van der Waals surface area (Å²) in [5, 5.41) is 10.6. The van der Waals surface area contributed by atoms with Crippen LogP contribution in [0.1, 0.15) is 4.88 Å². The summed E-state index contributed by atoms with van der Waals surface area (Å²) in [6, 6.07) is 4.95. The van der Waals surface area contributed by atoms with E-state index in [1.165, 1.54) is 29.5 Å². The van der Waals surface area contributed by atoms with Crippen LogP contribution >= 0.6 is 11.3 Å². The van der Waals surface area contributed by atoms with Crippen molar-refractivity contribution in [1.82, 2.24) is 9.71 Å². The smallest absolute Gasteiger partial charge is 0.258 e. The molecule has 20 heavy (non-hydrogen) atoms. The van der Waals surface area contributed by atoms with E-state index in [0.29, 0.717) is 6.42 Å². The van der Waals surface area contributed by atoms with E-state index in [1.54, 1.807) is 11.7 Å². The molecule has 9 heteroatoms. The number of non-ortho nitro benzene ring substituents is 1. The van der Waals surface area contributed by atoms with Crippen LogP contribution in [-0.2, 0) is 16.4 Å². The predicted octanol–water partition coefficient (Wildman–Crippen LogP) is 1.57. The zero-order valence-electron chi connectivity index (χ0n) is 10.2. The van der Waals surface area contributed by atoms with Gasteiger partial charge >= 0.3 is 0 Å². The topological polar surface area (TPSA) is 102 Å². The first-order chi connectivity index (χ1) is 9.49. The fraction of sp³-hybridized carbons (Fsp3) is 0.182. The molecule has 2 rings (SSSR count). The zero-order valence-corrected chi connectivity index (χ0v) is 11.9. The summed E-state index contributed by atoms with van der Waals surface area (Å²) in [6.07, 6.45) is 2.20. The van der Waals surface area contributed by atoms with E-state index >= 15 is 0 Å². The molecule has 106 valence electrons. The van der Waals surface area contributed by atoms with E-state index in [4.69, 9.17) is 0 Å². The highest BCUT2D eigenvalue weighted by Crippen LogP contribution is 2.17. The minimum Gasteiger partial charge on any atom is -0.258 e. The van der Waals surface area contributed by atoms with E-state index in [1.807, 2.05) is 0 Å². The summed E-state index contributed by atoms with van der Waals surface area (Å²) >= 11 is 1.44. The lowest BCUT2D eigenvalue weighted by molar-refractivity contribution is -0.385. The average Bonchev–Trinajstić information content (AvgIpc) is 2.92. The first-order valence-corrected chi connectivity index (χ1v) is 7.97. The first-order valence-electron chi connectivity index (χ1n) is 5.60. The molecule has 0 atom stereocenters. The van der Waals surface area contributed by atoms with Crippen LogP contribution in [0.3, 0.4) is 0 Å². The van der Waals surface area contributed by atoms with Crippen molar-refractivity contribution >= 4 is 27.0 Å². The summed E-state index contributed by atoms with van der Waals surface area (Å²) in [6.45, 7) is 0.215. The number of nitro groups is 1. The molecule has 0 fully saturated rings. The van der Waals surface area contributed by atoms with Gasteiger partial charge in [0.05, 0.1) is 15.3 Å². The monoisotopic (exact) mass is 313 g/mol. The molecule has 7 nitrogen and oxygen atoms in total. The molecule has 2 aromatic rings. The molecular formula is C11H11N3O4S2. The molecule has 0 spiro atoms. The molecule has 1 aromatic heterocycles. The molecule has 0 radical (unpaired) electrons. The number of rotatable bonds is 6. The van der Waals surface area contributed by atoms with E-state index in [9.17, 15) is 18.5 Å². The third-order valence-electron chi connectivity index (χ3n) is 2.49. The van der Waals surface area contributed by atoms with Crippen molar-refractivity contribution in [3.05, 3.63) is 51.0 Å². The van der Waals surface area contributed by atoms with Gasteiger partial charge in [0.1, 0.15) is 0 Å². The number of benzene rings is 1. The normalized spacial score (nSPS) is 11.4. The number of nitrogens with zero attached hydrogens (tertiary/aromatic N) is 2. The second-order valence-corrected chi connectivity index (χ2v) is 6.61. The number of thiazole rings is 1. The second kappa shape index (κ2) is 6.07. The minimum atomic E-state index is -3.74. The Bertz CT molecular complexity index is 698. The molecule has 1 heterocycles. The van der Waals surface area contributed by atoms with Gasteiger partial charge in [0.2, 0.25) is 10.0 Å². The van der Waals surface area contributed by atoms with Crippen molar-refractivity contribution in [3.63, 3.8) is 0 Å². The maximum absolute atomic E-state index is 12.0. The Kier molecular flexibility index (Phi) is 4.42. The molecule has 0 aliphatic carbocycles. The lowest BCUT2D eigenvalue weighted by Crippen LogP contribution is -2.25. The second-order valence-electron chi connectivity index (χ2n) is 3.87. The van der Waals surface area contributed by atoms with Crippen LogP contribution in [0.15, 0.2) is 40.9 Å². The minimum absolute atomic E-state index is 0.115. The standard InChI is InChI=1S/C11H11N3O4S2/c15-14(16)9-2-1-3-11(6-9)20(17,18)13-5-4-10-7-12-8-19-10/h1-3,6-8,13H,4-5H2. The van der Waals surface area contributed by atoms with E-state index < -0.39 is 14.9 Å². The van der Waals surface area contributed by atoms with Gasteiger partial charge in [-0.25, -0.2) is 13.1 Å². The van der Waals surface area contributed by atoms with Crippen LogP contribution in [-0.4, -0.2) is 24.9 Å². The summed E-state index contributed by atoms with van der Waals surface area (Å²) < 4.78 is 26.4. The van der Waals surface area contributed by atoms with Crippen LogP contribution in [0.4, 0.5) is 5.69 Å². The van der Waals surface area contributed by atoms with Crippen molar-refractivity contribution in [2.75, 3.05) is 6.54 Å². The number of nitro benzene ring substituents is 1. The first kappa shape index (κ1) is 14.6. The maximum atomic E-state index is 12.0. The summed E-state index contributed by atoms with van der Waals surface area (Å²) in [5.74, 6) is 0. The van der Waals surface area contributed by atoms with Crippen molar-refractivity contribution in [2.45, 2.75) is 11.3 Å². The molecule has 0 saturated carbocycles. The number of hydrogen-bond donors (Lipinski definition) is 1. The molecular weight excluding hydrogens is 302 g/mol. The van der Waals surface area contributed by atoms with Crippen molar-refractivity contribution < 1.29 is 13.3 Å².